The van der Waals surface area contributed by atoms with Crippen LogP contribution >= 0.6 is 0 Å². The second-order valence-corrected chi connectivity index (χ2v) is 9.08. The molecule has 2 aliphatic heterocycles. The molecule has 0 bridgehead atoms. The van der Waals surface area contributed by atoms with Crippen molar-refractivity contribution in [1.29, 1.82) is 0 Å². The van der Waals surface area contributed by atoms with E-state index in [0.717, 1.165) is 48.4 Å². The fourth-order valence-corrected chi connectivity index (χ4v) is 4.75. The van der Waals surface area contributed by atoms with Gasteiger partial charge in [-0.3, -0.25) is 9.59 Å². The SMILES string of the molecule is O=C([C@H]1Cc2ccccc2CN1C(=O)COc1ccc(OCc2ccccc2)cc1)N1CCCC1. The lowest BCUT2D eigenvalue weighted by Crippen LogP contribution is -2.54. The third kappa shape index (κ3) is 5.48. The highest BCUT2D eigenvalue weighted by atomic mass is 16.5. The average Bonchev–Trinajstić information content (AvgIpc) is 3.46. The Morgan fingerprint density at radius 1 is 0.771 bits per heavy atom. The molecular weight excluding hydrogens is 440 g/mol. The number of carbonyl (C=O) groups excluding carboxylic acids is 2. The summed E-state index contributed by atoms with van der Waals surface area (Å²) >= 11 is 0. The zero-order valence-corrected chi connectivity index (χ0v) is 19.8. The molecular formula is C29H30N2O4. The second-order valence-electron chi connectivity index (χ2n) is 9.08. The minimum absolute atomic E-state index is 0.0465. The summed E-state index contributed by atoms with van der Waals surface area (Å²) in [6.07, 6.45) is 2.60. The molecule has 1 saturated heterocycles. The van der Waals surface area contributed by atoms with Crippen LogP contribution in [0.15, 0.2) is 78.9 Å². The smallest absolute Gasteiger partial charge is 0.261 e. The molecule has 0 N–H and O–H groups in total. The van der Waals surface area contributed by atoms with Crippen molar-refractivity contribution >= 4 is 11.8 Å². The number of rotatable bonds is 7. The van der Waals surface area contributed by atoms with Crippen molar-refractivity contribution < 1.29 is 19.1 Å². The highest BCUT2D eigenvalue weighted by Gasteiger charge is 2.37. The molecule has 6 nitrogen and oxygen atoms in total. The number of carbonyl (C=O) groups is 2. The number of benzene rings is 3. The summed E-state index contributed by atoms with van der Waals surface area (Å²) in [6.45, 7) is 2.34. The van der Waals surface area contributed by atoms with E-state index in [1.54, 1.807) is 17.0 Å². The van der Waals surface area contributed by atoms with Crippen LogP contribution in [-0.4, -0.2) is 47.4 Å². The summed E-state index contributed by atoms with van der Waals surface area (Å²) in [5, 5.41) is 0. The van der Waals surface area contributed by atoms with Crippen molar-refractivity contribution in [3.8, 4) is 11.5 Å². The summed E-state index contributed by atoms with van der Waals surface area (Å²) < 4.78 is 11.6. The molecule has 0 radical (unpaired) electrons. The van der Waals surface area contributed by atoms with E-state index in [9.17, 15) is 9.59 Å². The molecule has 180 valence electrons. The Balaban J connectivity index is 1.21. The van der Waals surface area contributed by atoms with Crippen molar-refractivity contribution in [2.45, 2.75) is 38.5 Å². The second kappa shape index (κ2) is 10.6. The third-order valence-corrected chi connectivity index (χ3v) is 6.71. The fraction of sp³-hybridized carbons (Fsp3) is 0.310. The lowest BCUT2D eigenvalue weighted by molar-refractivity contribution is -0.147. The topological polar surface area (TPSA) is 59.1 Å². The quantitative estimate of drug-likeness (QED) is 0.519. The zero-order chi connectivity index (χ0) is 24.0. The van der Waals surface area contributed by atoms with Crippen LogP contribution in [0.5, 0.6) is 11.5 Å². The lowest BCUT2D eigenvalue weighted by Gasteiger charge is -2.37. The van der Waals surface area contributed by atoms with Crippen molar-refractivity contribution in [1.82, 2.24) is 9.80 Å². The first-order valence-electron chi connectivity index (χ1n) is 12.2. The molecule has 2 heterocycles. The number of fused-ring (bicyclic) bond motifs is 1. The van der Waals surface area contributed by atoms with Gasteiger partial charge < -0.3 is 19.3 Å². The number of amides is 2. The van der Waals surface area contributed by atoms with Gasteiger partial charge in [0.25, 0.3) is 5.91 Å². The lowest BCUT2D eigenvalue weighted by atomic mass is 9.93. The maximum absolute atomic E-state index is 13.3. The van der Waals surface area contributed by atoms with Crippen LogP contribution in [0.3, 0.4) is 0 Å². The molecule has 1 fully saturated rings. The minimum atomic E-state index is -0.479. The van der Waals surface area contributed by atoms with Crippen LogP contribution in [0.25, 0.3) is 0 Å². The van der Waals surface area contributed by atoms with Gasteiger partial charge in [0, 0.05) is 26.1 Å². The zero-order valence-electron chi connectivity index (χ0n) is 19.8. The van der Waals surface area contributed by atoms with E-state index in [2.05, 4.69) is 6.07 Å². The average molecular weight is 471 g/mol. The molecule has 6 heteroatoms. The predicted octanol–water partition coefficient (Wildman–Crippen LogP) is 4.22. The van der Waals surface area contributed by atoms with Crippen LogP contribution in [0.4, 0.5) is 0 Å². The fourth-order valence-electron chi connectivity index (χ4n) is 4.75. The minimum Gasteiger partial charge on any atom is -0.489 e. The van der Waals surface area contributed by atoms with Crippen molar-refractivity contribution in [2.75, 3.05) is 19.7 Å². The van der Waals surface area contributed by atoms with Crippen molar-refractivity contribution in [3.63, 3.8) is 0 Å². The largest absolute Gasteiger partial charge is 0.489 e. The Hall–Kier alpha value is -3.80. The monoisotopic (exact) mass is 470 g/mol. The van der Waals surface area contributed by atoms with E-state index in [1.807, 2.05) is 65.6 Å². The number of ether oxygens (including phenoxy) is 2. The molecule has 0 aromatic heterocycles. The predicted molar refractivity (Wildman–Crippen MR) is 133 cm³/mol. The molecule has 0 saturated carbocycles. The van der Waals surface area contributed by atoms with Crippen LogP contribution in [0.2, 0.25) is 0 Å². The van der Waals surface area contributed by atoms with Crippen LogP contribution in [0, 0.1) is 0 Å². The maximum Gasteiger partial charge on any atom is 0.261 e. The van der Waals surface area contributed by atoms with E-state index >= 15 is 0 Å². The summed E-state index contributed by atoms with van der Waals surface area (Å²) in [7, 11) is 0. The summed E-state index contributed by atoms with van der Waals surface area (Å²) in [6, 6.07) is 24.8. The first kappa shape index (κ1) is 23.0. The van der Waals surface area contributed by atoms with E-state index in [4.69, 9.17) is 9.47 Å². The van der Waals surface area contributed by atoms with Gasteiger partial charge in [0.05, 0.1) is 0 Å². The molecule has 3 aromatic rings. The van der Waals surface area contributed by atoms with Gasteiger partial charge in [-0.1, -0.05) is 54.6 Å². The summed E-state index contributed by atoms with van der Waals surface area (Å²) in [5.74, 6) is 1.19. The molecule has 0 unspecified atom stereocenters. The number of hydrogen-bond acceptors (Lipinski definition) is 4. The van der Waals surface area contributed by atoms with Crippen LogP contribution in [0.1, 0.15) is 29.5 Å². The molecule has 5 rings (SSSR count). The molecule has 2 amide bonds. The van der Waals surface area contributed by atoms with Gasteiger partial charge in [-0.15, -0.1) is 0 Å². The van der Waals surface area contributed by atoms with E-state index in [-0.39, 0.29) is 18.4 Å². The highest BCUT2D eigenvalue weighted by Crippen LogP contribution is 2.26. The van der Waals surface area contributed by atoms with Crippen molar-refractivity contribution in [2.24, 2.45) is 0 Å². The number of hydrogen-bond donors (Lipinski definition) is 0. The Kier molecular flexibility index (Phi) is 6.98. The van der Waals surface area contributed by atoms with Gasteiger partial charge in [0.15, 0.2) is 6.61 Å². The summed E-state index contributed by atoms with van der Waals surface area (Å²) in [4.78, 5) is 30.1. The van der Waals surface area contributed by atoms with E-state index < -0.39 is 6.04 Å². The molecule has 3 aromatic carbocycles. The van der Waals surface area contributed by atoms with Gasteiger partial charge in [0.2, 0.25) is 5.91 Å². The molecule has 0 spiro atoms. The molecule has 1 atom stereocenters. The van der Waals surface area contributed by atoms with Gasteiger partial charge in [-0.05, 0) is 53.8 Å². The molecule has 2 aliphatic rings. The normalized spacial score (nSPS) is 17.1. The van der Waals surface area contributed by atoms with Gasteiger partial charge in [0.1, 0.15) is 24.1 Å². The van der Waals surface area contributed by atoms with Gasteiger partial charge >= 0.3 is 0 Å². The Labute approximate surface area is 206 Å². The Bertz CT molecular complexity index is 1160. The molecule has 0 aliphatic carbocycles. The van der Waals surface area contributed by atoms with E-state index in [1.165, 1.54) is 0 Å². The van der Waals surface area contributed by atoms with Crippen LogP contribution in [-0.2, 0) is 29.2 Å². The first-order valence-corrected chi connectivity index (χ1v) is 12.2. The Morgan fingerprint density at radius 2 is 1.40 bits per heavy atom. The molecule has 35 heavy (non-hydrogen) atoms. The highest BCUT2D eigenvalue weighted by molar-refractivity contribution is 5.89. The maximum atomic E-state index is 13.3. The van der Waals surface area contributed by atoms with Gasteiger partial charge in [-0.2, -0.15) is 0 Å². The van der Waals surface area contributed by atoms with Crippen molar-refractivity contribution in [3.05, 3.63) is 95.6 Å². The standard InChI is InChI=1S/C29H30N2O4/c32-28(21-35-26-14-12-25(13-15-26)34-20-22-8-2-1-3-9-22)31-19-24-11-5-4-10-23(24)18-27(31)29(33)30-16-6-7-17-30/h1-5,8-15,27H,6-7,16-21H2/t27-/m1/s1. The van der Waals surface area contributed by atoms with E-state index in [0.29, 0.717) is 25.3 Å². The third-order valence-electron chi connectivity index (χ3n) is 6.71. The summed E-state index contributed by atoms with van der Waals surface area (Å²) in [5.41, 5.74) is 3.33. The number of nitrogens with zero attached hydrogens (tertiary/aromatic N) is 2. The Morgan fingerprint density at radius 3 is 2.11 bits per heavy atom. The van der Waals surface area contributed by atoms with Gasteiger partial charge in [-0.25, -0.2) is 0 Å². The first-order chi connectivity index (χ1) is 17.2. The number of likely N-dealkylation sites (tertiary alicyclic amines) is 1. The van der Waals surface area contributed by atoms with Crippen LogP contribution < -0.4 is 9.47 Å².